The lowest BCUT2D eigenvalue weighted by molar-refractivity contribution is 0.101. The quantitative estimate of drug-likeness (QED) is 0.809. The second kappa shape index (κ2) is 7.50. The van der Waals surface area contributed by atoms with Crippen molar-refractivity contribution in [2.45, 2.75) is 51.2 Å². The van der Waals surface area contributed by atoms with Crippen molar-refractivity contribution >= 4 is 0 Å². The van der Waals surface area contributed by atoms with Crippen LogP contribution in [0.25, 0.3) is 0 Å². The van der Waals surface area contributed by atoms with Crippen molar-refractivity contribution in [3.63, 3.8) is 0 Å². The van der Waals surface area contributed by atoms with Gasteiger partial charge in [0, 0.05) is 11.6 Å². The molecule has 1 aliphatic heterocycles. The lowest BCUT2D eigenvalue weighted by Gasteiger charge is -2.44. The van der Waals surface area contributed by atoms with E-state index in [2.05, 4.69) is 91.7 Å². The molecule has 24 heavy (non-hydrogen) atoms. The maximum Gasteiger partial charge on any atom is 0.0506 e. The molecule has 1 aliphatic rings. The number of benzene rings is 2. The molecule has 2 atom stereocenters. The maximum absolute atomic E-state index is 3.93. The zero-order valence-corrected chi connectivity index (χ0v) is 15.2. The topological polar surface area (TPSA) is 15.3 Å². The summed E-state index contributed by atoms with van der Waals surface area (Å²) >= 11 is 0. The number of rotatable bonds is 6. The highest BCUT2D eigenvalue weighted by Gasteiger charge is 2.38. The fourth-order valence-corrected chi connectivity index (χ4v) is 3.92. The van der Waals surface area contributed by atoms with Crippen LogP contribution in [0.3, 0.4) is 0 Å². The molecule has 3 rings (SSSR count). The fraction of sp³-hybridized carbons (Fsp3) is 0.455. The summed E-state index contributed by atoms with van der Waals surface area (Å²) in [5.74, 6) is 0. The summed E-state index contributed by atoms with van der Waals surface area (Å²) in [6.07, 6.45) is 2.64. The van der Waals surface area contributed by atoms with Crippen LogP contribution in [0.15, 0.2) is 60.7 Å². The second-order valence-electron chi connectivity index (χ2n) is 7.49. The summed E-state index contributed by atoms with van der Waals surface area (Å²) in [4.78, 5) is 2.65. The maximum atomic E-state index is 3.93. The molecule has 0 aliphatic carbocycles. The summed E-state index contributed by atoms with van der Waals surface area (Å²) in [7, 11) is 0. The van der Waals surface area contributed by atoms with Crippen LogP contribution in [-0.2, 0) is 0 Å². The van der Waals surface area contributed by atoms with E-state index in [1.165, 1.54) is 37.1 Å². The number of hydrogen-bond donors (Lipinski definition) is 1. The third-order valence-electron chi connectivity index (χ3n) is 5.48. The second-order valence-corrected chi connectivity index (χ2v) is 7.49. The Balaban J connectivity index is 1.88. The van der Waals surface area contributed by atoms with Gasteiger partial charge in [0.2, 0.25) is 0 Å². The molecule has 0 radical (unpaired) electrons. The first-order valence-corrected chi connectivity index (χ1v) is 9.20. The van der Waals surface area contributed by atoms with Gasteiger partial charge in [0.15, 0.2) is 0 Å². The SMILES string of the molecule is C[C@@H](N[C@H](c1ccccc1)C(C)(C)N1CCCC1)c1ccccc1. The smallest absolute Gasteiger partial charge is 0.0506 e. The molecule has 2 heteroatoms. The molecule has 1 saturated heterocycles. The van der Waals surface area contributed by atoms with Crippen molar-refractivity contribution in [2.24, 2.45) is 0 Å². The number of hydrogen-bond acceptors (Lipinski definition) is 2. The Morgan fingerprint density at radius 3 is 1.88 bits per heavy atom. The van der Waals surface area contributed by atoms with Crippen molar-refractivity contribution < 1.29 is 0 Å². The Labute approximate surface area is 146 Å². The van der Waals surface area contributed by atoms with E-state index in [1.54, 1.807) is 0 Å². The minimum Gasteiger partial charge on any atom is -0.302 e. The normalized spacial score (nSPS) is 18.5. The van der Waals surface area contributed by atoms with E-state index in [0.717, 1.165) is 0 Å². The van der Waals surface area contributed by atoms with Crippen LogP contribution in [0.4, 0.5) is 0 Å². The van der Waals surface area contributed by atoms with Gasteiger partial charge in [0.1, 0.15) is 0 Å². The number of likely N-dealkylation sites (tertiary alicyclic amines) is 1. The summed E-state index contributed by atoms with van der Waals surface area (Å²) in [6.45, 7) is 9.46. The van der Waals surface area contributed by atoms with Crippen LogP contribution < -0.4 is 5.32 Å². The van der Waals surface area contributed by atoms with E-state index < -0.39 is 0 Å². The molecule has 0 spiro atoms. The van der Waals surface area contributed by atoms with Crippen molar-refractivity contribution in [1.29, 1.82) is 0 Å². The molecule has 128 valence electrons. The van der Waals surface area contributed by atoms with Crippen LogP contribution in [0.1, 0.15) is 56.8 Å². The van der Waals surface area contributed by atoms with Gasteiger partial charge >= 0.3 is 0 Å². The average Bonchev–Trinajstić information content (AvgIpc) is 3.16. The van der Waals surface area contributed by atoms with Crippen molar-refractivity contribution in [1.82, 2.24) is 10.2 Å². The summed E-state index contributed by atoms with van der Waals surface area (Å²) in [5.41, 5.74) is 2.80. The molecule has 0 unspecified atom stereocenters. The van der Waals surface area contributed by atoms with Gasteiger partial charge in [-0.1, -0.05) is 60.7 Å². The van der Waals surface area contributed by atoms with Gasteiger partial charge in [0.05, 0.1) is 6.04 Å². The molecular formula is C22H30N2. The van der Waals surface area contributed by atoms with Gasteiger partial charge in [-0.25, -0.2) is 0 Å². The fourth-order valence-electron chi connectivity index (χ4n) is 3.92. The van der Waals surface area contributed by atoms with Crippen LogP contribution in [0.2, 0.25) is 0 Å². The third-order valence-corrected chi connectivity index (χ3v) is 5.48. The Morgan fingerprint density at radius 2 is 1.33 bits per heavy atom. The largest absolute Gasteiger partial charge is 0.302 e. The van der Waals surface area contributed by atoms with Crippen LogP contribution in [0.5, 0.6) is 0 Å². The first-order chi connectivity index (χ1) is 11.6. The van der Waals surface area contributed by atoms with E-state index >= 15 is 0 Å². The average molecular weight is 322 g/mol. The number of nitrogens with zero attached hydrogens (tertiary/aromatic N) is 1. The van der Waals surface area contributed by atoms with E-state index in [-0.39, 0.29) is 5.54 Å². The summed E-state index contributed by atoms with van der Waals surface area (Å²) in [5, 5.41) is 3.93. The van der Waals surface area contributed by atoms with E-state index in [4.69, 9.17) is 0 Å². The molecule has 0 aromatic heterocycles. The van der Waals surface area contributed by atoms with Gasteiger partial charge < -0.3 is 5.32 Å². The molecule has 0 amide bonds. The van der Waals surface area contributed by atoms with E-state index in [9.17, 15) is 0 Å². The van der Waals surface area contributed by atoms with Gasteiger partial charge in [-0.05, 0) is 57.8 Å². The standard InChI is InChI=1S/C22H30N2/c1-18(19-12-6-4-7-13-19)23-21(20-14-8-5-9-15-20)22(2,3)24-16-10-11-17-24/h4-9,12-15,18,21,23H,10-11,16-17H2,1-3H3/t18-,21-/m1/s1. The predicted molar refractivity (Wildman–Crippen MR) is 102 cm³/mol. The van der Waals surface area contributed by atoms with E-state index in [1.807, 2.05) is 0 Å². The Kier molecular flexibility index (Phi) is 5.37. The molecule has 0 saturated carbocycles. The lowest BCUT2D eigenvalue weighted by atomic mass is 9.86. The Hall–Kier alpha value is -1.64. The van der Waals surface area contributed by atoms with Gasteiger partial charge in [-0.3, -0.25) is 4.90 Å². The summed E-state index contributed by atoms with van der Waals surface area (Å²) < 4.78 is 0. The molecule has 0 bridgehead atoms. The van der Waals surface area contributed by atoms with Crippen molar-refractivity contribution in [3.05, 3.63) is 71.8 Å². The van der Waals surface area contributed by atoms with Crippen LogP contribution >= 0.6 is 0 Å². The highest BCUT2D eigenvalue weighted by Crippen LogP contribution is 2.35. The van der Waals surface area contributed by atoms with Gasteiger partial charge in [0.25, 0.3) is 0 Å². The zero-order valence-electron chi connectivity index (χ0n) is 15.2. The molecule has 1 fully saturated rings. The first kappa shape index (κ1) is 17.2. The minimum atomic E-state index is 0.0842. The molecule has 1 heterocycles. The molecule has 2 nitrogen and oxygen atoms in total. The highest BCUT2D eigenvalue weighted by atomic mass is 15.2. The van der Waals surface area contributed by atoms with Crippen molar-refractivity contribution in [3.8, 4) is 0 Å². The third kappa shape index (κ3) is 3.71. The van der Waals surface area contributed by atoms with Crippen molar-refractivity contribution in [2.75, 3.05) is 13.1 Å². The highest BCUT2D eigenvalue weighted by molar-refractivity contribution is 5.25. The Bertz CT molecular complexity index is 615. The zero-order chi connectivity index (χ0) is 17.0. The molecule has 1 N–H and O–H groups in total. The lowest BCUT2D eigenvalue weighted by Crippen LogP contribution is -2.52. The monoisotopic (exact) mass is 322 g/mol. The molecule has 2 aromatic carbocycles. The van der Waals surface area contributed by atoms with Gasteiger partial charge in [-0.2, -0.15) is 0 Å². The van der Waals surface area contributed by atoms with Crippen LogP contribution in [0, 0.1) is 0 Å². The minimum absolute atomic E-state index is 0.0842. The van der Waals surface area contributed by atoms with Crippen LogP contribution in [-0.4, -0.2) is 23.5 Å². The van der Waals surface area contributed by atoms with E-state index in [0.29, 0.717) is 12.1 Å². The van der Waals surface area contributed by atoms with Gasteiger partial charge in [-0.15, -0.1) is 0 Å². The summed E-state index contributed by atoms with van der Waals surface area (Å²) in [6, 6.07) is 22.3. The Morgan fingerprint density at radius 1 is 0.833 bits per heavy atom. The number of nitrogens with one attached hydrogen (secondary N) is 1. The predicted octanol–water partition coefficient (Wildman–Crippen LogP) is 4.95. The first-order valence-electron chi connectivity index (χ1n) is 9.20. The molecular weight excluding hydrogens is 292 g/mol. The molecule has 2 aromatic rings.